The Morgan fingerprint density at radius 3 is 3.06 bits per heavy atom. The molecular weight excluding hydrogens is 218 g/mol. The number of nitrogens with one attached hydrogen (secondary N) is 1. The number of hydrogen-bond donors (Lipinski definition) is 1. The standard InChI is InChI=1S/C12H17N3S/c1-3-5-13-7-11-8-15(2)14-12(11)10-4-6-16-9-10/h4,6,8-9,13H,3,5,7H2,1-2H3. The van der Waals surface area contributed by atoms with Gasteiger partial charge in [0.2, 0.25) is 0 Å². The second-order valence-corrected chi connectivity index (χ2v) is 4.65. The minimum atomic E-state index is 0.896. The Labute approximate surface area is 100 Å². The van der Waals surface area contributed by atoms with Gasteiger partial charge in [0, 0.05) is 36.3 Å². The van der Waals surface area contributed by atoms with Crippen molar-refractivity contribution >= 4 is 11.3 Å². The van der Waals surface area contributed by atoms with E-state index in [4.69, 9.17) is 0 Å². The van der Waals surface area contributed by atoms with Gasteiger partial charge in [-0.1, -0.05) is 6.92 Å². The molecule has 1 N–H and O–H groups in total. The van der Waals surface area contributed by atoms with Gasteiger partial charge in [0.15, 0.2) is 0 Å². The minimum Gasteiger partial charge on any atom is -0.313 e. The number of aryl methyl sites for hydroxylation is 1. The first kappa shape index (κ1) is 11.4. The molecular formula is C12H17N3S. The zero-order chi connectivity index (χ0) is 11.4. The summed E-state index contributed by atoms with van der Waals surface area (Å²) in [6.45, 7) is 4.13. The lowest BCUT2D eigenvalue weighted by atomic mass is 10.1. The summed E-state index contributed by atoms with van der Waals surface area (Å²) < 4.78 is 1.88. The van der Waals surface area contributed by atoms with E-state index in [1.165, 1.54) is 11.1 Å². The van der Waals surface area contributed by atoms with Crippen LogP contribution in [0.4, 0.5) is 0 Å². The predicted octanol–water partition coefficient (Wildman–Crippen LogP) is 2.65. The van der Waals surface area contributed by atoms with Crippen molar-refractivity contribution in [3.8, 4) is 11.3 Å². The van der Waals surface area contributed by atoms with E-state index in [0.717, 1.165) is 25.2 Å². The van der Waals surface area contributed by atoms with Crippen molar-refractivity contribution in [2.24, 2.45) is 7.05 Å². The molecule has 0 saturated heterocycles. The normalized spacial score (nSPS) is 10.9. The molecule has 0 unspecified atom stereocenters. The van der Waals surface area contributed by atoms with Crippen LogP contribution in [0.2, 0.25) is 0 Å². The first-order chi connectivity index (χ1) is 7.81. The lowest BCUT2D eigenvalue weighted by Crippen LogP contribution is -2.13. The highest BCUT2D eigenvalue weighted by Gasteiger charge is 2.09. The molecule has 0 aliphatic heterocycles. The maximum Gasteiger partial charge on any atom is 0.0976 e. The van der Waals surface area contributed by atoms with Crippen molar-refractivity contribution in [3.05, 3.63) is 28.6 Å². The van der Waals surface area contributed by atoms with Gasteiger partial charge in [-0.05, 0) is 24.4 Å². The Balaban J connectivity index is 2.17. The first-order valence-corrected chi connectivity index (χ1v) is 6.51. The third kappa shape index (κ3) is 2.51. The van der Waals surface area contributed by atoms with Gasteiger partial charge in [-0.25, -0.2) is 0 Å². The lowest BCUT2D eigenvalue weighted by molar-refractivity contribution is 0.675. The zero-order valence-electron chi connectivity index (χ0n) is 9.73. The number of hydrogen-bond acceptors (Lipinski definition) is 3. The summed E-state index contributed by atoms with van der Waals surface area (Å²) in [5, 5.41) is 12.2. The summed E-state index contributed by atoms with van der Waals surface area (Å²) in [6.07, 6.45) is 3.25. The van der Waals surface area contributed by atoms with E-state index in [-0.39, 0.29) is 0 Å². The summed E-state index contributed by atoms with van der Waals surface area (Å²) >= 11 is 1.71. The van der Waals surface area contributed by atoms with Crippen molar-refractivity contribution in [1.29, 1.82) is 0 Å². The van der Waals surface area contributed by atoms with Crippen LogP contribution in [0.3, 0.4) is 0 Å². The molecule has 2 heterocycles. The fraction of sp³-hybridized carbons (Fsp3) is 0.417. The molecule has 2 rings (SSSR count). The minimum absolute atomic E-state index is 0.896. The average Bonchev–Trinajstić information content (AvgIpc) is 2.87. The fourth-order valence-electron chi connectivity index (χ4n) is 1.71. The van der Waals surface area contributed by atoms with Crippen molar-refractivity contribution in [1.82, 2.24) is 15.1 Å². The molecule has 2 aromatic rings. The van der Waals surface area contributed by atoms with Gasteiger partial charge in [0.05, 0.1) is 5.69 Å². The molecule has 0 bridgehead atoms. The van der Waals surface area contributed by atoms with Gasteiger partial charge < -0.3 is 5.32 Å². The zero-order valence-corrected chi connectivity index (χ0v) is 10.5. The van der Waals surface area contributed by atoms with Crippen LogP contribution in [0.1, 0.15) is 18.9 Å². The topological polar surface area (TPSA) is 29.9 Å². The molecule has 2 aromatic heterocycles. The second kappa shape index (κ2) is 5.27. The Morgan fingerprint density at radius 2 is 2.38 bits per heavy atom. The van der Waals surface area contributed by atoms with Gasteiger partial charge >= 0.3 is 0 Å². The van der Waals surface area contributed by atoms with E-state index in [1.54, 1.807) is 11.3 Å². The second-order valence-electron chi connectivity index (χ2n) is 3.87. The highest BCUT2D eigenvalue weighted by molar-refractivity contribution is 7.08. The molecule has 16 heavy (non-hydrogen) atoms. The van der Waals surface area contributed by atoms with Crippen LogP contribution in [0.15, 0.2) is 23.0 Å². The van der Waals surface area contributed by atoms with Crippen LogP contribution in [-0.4, -0.2) is 16.3 Å². The van der Waals surface area contributed by atoms with Crippen molar-refractivity contribution in [2.75, 3.05) is 6.54 Å². The molecule has 4 heteroatoms. The first-order valence-electron chi connectivity index (χ1n) is 5.57. The Kier molecular flexibility index (Phi) is 3.74. The Morgan fingerprint density at radius 1 is 1.50 bits per heavy atom. The third-order valence-electron chi connectivity index (χ3n) is 2.44. The smallest absolute Gasteiger partial charge is 0.0976 e. The van der Waals surface area contributed by atoms with Gasteiger partial charge in [-0.2, -0.15) is 16.4 Å². The fourth-order valence-corrected chi connectivity index (χ4v) is 2.35. The molecule has 0 fully saturated rings. The molecule has 0 saturated carbocycles. The lowest BCUT2D eigenvalue weighted by Gasteiger charge is -2.02. The SMILES string of the molecule is CCCNCc1cn(C)nc1-c1ccsc1. The van der Waals surface area contributed by atoms with Crippen LogP contribution >= 0.6 is 11.3 Å². The maximum atomic E-state index is 4.52. The molecule has 0 aliphatic rings. The third-order valence-corrected chi connectivity index (χ3v) is 3.12. The quantitative estimate of drug-likeness (QED) is 0.807. The number of aromatic nitrogens is 2. The van der Waals surface area contributed by atoms with Gasteiger partial charge in [-0.3, -0.25) is 4.68 Å². The van der Waals surface area contributed by atoms with Crippen molar-refractivity contribution in [2.45, 2.75) is 19.9 Å². The van der Waals surface area contributed by atoms with Crippen LogP contribution in [0.5, 0.6) is 0 Å². The van der Waals surface area contributed by atoms with Crippen LogP contribution in [0, 0.1) is 0 Å². The Hall–Kier alpha value is -1.13. The van der Waals surface area contributed by atoms with E-state index in [9.17, 15) is 0 Å². The predicted molar refractivity (Wildman–Crippen MR) is 68.5 cm³/mol. The summed E-state index contributed by atoms with van der Waals surface area (Å²) in [7, 11) is 1.97. The number of nitrogens with zero attached hydrogens (tertiary/aromatic N) is 2. The molecule has 0 amide bonds. The van der Waals surface area contributed by atoms with Crippen molar-refractivity contribution in [3.63, 3.8) is 0 Å². The average molecular weight is 235 g/mol. The number of thiophene rings is 1. The summed E-state index contributed by atoms with van der Waals surface area (Å²) in [5.41, 5.74) is 3.60. The monoisotopic (exact) mass is 235 g/mol. The van der Waals surface area contributed by atoms with Gasteiger partial charge in [0.25, 0.3) is 0 Å². The maximum absolute atomic E-state index is 4.52. The molecule has 0 radical (unpaired) electrons. The van der Waals surface area contributed by atoms with E-state index < -0.39 is 0 Å². The van der Waals surface area contributed by atoms with E-state index in [0.29, 0.717) is 0 Å². The summed E-state index contributed by atoms with van der Waals surface area (Å²) in [5.74, 6) is 0. The number of rotatable bonds is 5. The van der Waals surface area contributed by atoms with Gasteiger partial charge in [-0.15, -0.1) is 0 Å². The van der Waals surface area contributed by atoms with E-state index in [2.05, 4.69) is 40.4 Å². The van der Waals surface area contributed by atoms with E-state index in [1.807, 2.05) is 11.7 Å². The highest BCUT2D eigenvalue weighted by Crippen LogP contribution is 2.23. The van der Waals surface area contributed by atoms with Crippen LogP contribution in [-0.2, 0) is 13.6 Å². The molecule has 0 aliphatic carbocycles. The Bertz CT molecular complexity index is 431. The molecule has 0 aromatic carbocycles. The van der Waals surface area contributed by atoms with Crippen LogP contribution < -0.4 is 5.32 Å². The van der Waals surface area contributed by atoms with Crippen LogP contribution in [0.25, 0.3) is 11.3 Å². The van der Waals surface area contributed by atoms with Gasteiger partial charge in [0.1, 0.15) is 0 Å². The van der Waals surface area contributed by atoms with Crippen molar-refractivity contribution < 1.29 is 0 Å². The summed E-state index contributed by atoms with van der Waals surface area (Å²) in [6, 6.07) is 2.12. The molecule has 3 nitrogen and oxygen atoms in total. The van der Waals surface area contributed by atoms with E-state index >= 15 is 0 Å². The largest absolute Gasteiger partial charge is 0.313 e. The summed E-state index contributed by atoms with van der Waals surface area (Å²) in [4.78, 5) is 0. The molecule has 86 valence electrons. The molecule has 0 atom stereocenters. The molecule has 0 spiro atoms. The highest BCUT2D eigenvalue weighted by atomic mass is 32.1.